The predicted molar refractivity (Wildman–Crippen MR) is 136 cm³/mol. The average molecular weight is 504 g/mol. The van der Waals surface area contributed by atoms with Crippen LogP contribution >= 0.6 is 11.3 Å². The van der Waals surface area contributed by atoms with E-state index in [0.29, 0.717) is 41.1 Å². The molecule has 1 aliphatic carbocycles. The molecule has 2 aromatic rings. The lowest BCUT2D eigenvalue weighted by molar-refractivity contribution is -0.118. The molecular weight excluding hydrogens is 469 g/mol. The Kier molecular flexibility index (Phi) is 9.59. The Morgan fingerprint density at radius 3 is 2.54 bits per heavy atom. The molecule has 1 aliphatic rings. The van der Waals surface area contributed by atoms with Gasteiger partial charge >= 0.3 is 0 Å². The van der Waals surface area contributed by atoms with E-state index in [9.17, 15) is 18.8 Å². The van der Waals surface area contributed by atoms with Crippen molar-refractivity contribution in [3.8, 4) is 0 Å². The highest BCUT2D eigenvalue weighted by Crippen LogP contribution is 2.28. The maximum absolute atomic E-state index is 13.9. The minimum Gasteiger partial charge on any atom is -0.387 e. The van der Waals surface area contributed by atoms with Crippen molar-refractivity contribution in [1.29, 1.82) is 0 Å². The van der Waals surface area contributed by atoms with E-state index in [1.807, 2.05) is 13.8 Å². The van der Waals surface area contributed by atoms with Crippen molar-refractivity contribution in [3.63, 3.8) is 0 Å². The number of hydrogen-bond acceptors (Lipinski definition) is 6. The van der Waals surface area contributed by atoms with Gasteiger partial charge in [-0.15, -0.1) is 0 Å². The summed E-state index contributed by atoms with van der Waals surface area (Å²) in [5, 5.41) is 8.77. The third kappa shape index (κ3) is 7.00. The van der Waals surface area contributed by atoms with Crippen LogP contribution < -0.4 is 16.0 Å². The number of hydrogen-bond donors (Lipinski definition) is 3. The normalized spacial score (nSPS) is 14.7. The molecule has 0 aliphatic heterocycles. The molecule has 190 valence electrons. The van der Waals surface area contributed by atoms with Crippen molar-refractivity contribution in [2.24, 2.45) is 5.92 Å². The lowest BCUT2D eigenvalue weighted by Gasteiger charge is -2.26. The van der Waals surface area contributed by atoms with Crippen LogP contribution in [0.4, 0.5) is 15.2 Å². The Labute approximate surface area is 209 Å². The molecule has 8 nitrogen and oxygen atoms in total. The Morgan fingerprint density at radius 2 is 1.89 bits per heavy atom. The maximum atomic E-state index is 13.9. The number of nitrogens with zero attached hydrogens (tertiary/aromatic N) is 2. The highest BCUT2D eigenvalue weighted by molar-refractivity contribution is 7.17. The average Bonchev–Trinajstić information content (AvgIpc) is 3.33. The Bertz CT molecular complexity index is 1030. The van der Waals surface area contributed by atoms with Crippen molar-refractivity contribution >= 4 is 39.9 Å². The van der Waals surface area contributed by atoms with Crippen LogP contribution in [-0.2, 0) is 4.79 Å². The maximum Gasteiger partial charge on any atom is 0.265 e. The fourth-order valence-corrected chi connectivity index (χ4v) is 5.22. The van der Waals surface area contributed by atoms with Crippen LogP contribution in [0.5, 0.6) is 0 Å². The predicted octanol–water partition coefficient (Wildman–Crippen LogP) is 4.51. The molecule has 1 fully saturated rings. The van der Waals surface area contributed by atoms with Crippen molar-refractivity contribution in [1.82, 2.24) is 15.2 Å². The number of halogens is 1. The van der Waals surface area contributed by atoms with Gasteiger partial charge in [0, 0.05) is 25.8 Å². The summed E-state index contributed by atoms with van der Waals surface area (Å²) < 4.78 is 13.9. The van der Waals surface area contributed by atoms with E-state index in [4.69, 9.17) is 0 Å². The third-order valence-corrected chi connectivity index (χ3v) is 7.31. The van der Waals surface area contributed by atoms with Gasteiger partial charge in [-0.3, -0.25) is 14.4 Å². The second-order valence-electron chi connectivity index (χ2n) is 8.70. The van der Waals surface area contributed by atoms with Gasteiger partial charge in [0.05, 0.1) is 11.8 Å². The van der Waals surface area contributed by atoms with Crippen molar-refractivity contribution in [2.45, 2.75) is 58.4 Å². The van der Waals surface area contributed by atoms with E-state index in [2.05, 4.69) is 20.9 Å². The van der Waals surface area contributed by atoms with Gasteiger partial charge in [-0.05, 0) is 44.4 Å². The molecule has 1 saturated carbocycles. The van der Waals surface area contributed by atoms with E-state index >= 15 is 0 Å². The number of aromatic nitrogens is 1. The number of thiazole rings is 1. The monoisotopic (exact) mass is 503 g/mol. The van der Waals surface area contributed by atoms with Crippen LogP contribution in [0.15, 0.2) is 24.4 Å². The Morgan fingerprint density at radius 1 is 1.17 bits per heavy atom. The first-order chi connectivity index (χ1) is 16.9. The number of benzene rings is 1. The van der Waals surface area contributed by atoms with Gasteiger partial charge in [0.1, 0.15) is 16.7 Å². The smallest absolute Gasteiger partial charge is 0.265 e. The van der Waals surface area contributed by atoms with E-state index < -0.39 is 23.7 Å². The highest BCUT2D eigenvalue weighted by atomic mass is 32.1. The van der Waals surface area contributed by atoms with Gasteiger partial charge in [-0.2, -0.15) is 0 Å². The number of carbonyl (C=O) groups is 3. The van der Waals surface area contributed by atoms with Crippen LogP contribution in [0, 0.1) is 11.7 Å². The molecule has 0 saturated heterocycles. The van der Waals surface area contributed by atoms with Gasteiger partial charge in [0.2, 0.25) is 5.91 Å². The van der Waals surface area contributed by atoms with Crippen LogP contribution in [-0.4, -0.2) is 53.8 Å². The summed E-state index contributed by atoms with van der Waals surface area (Å²) in [7, 11) is 1.65. The zero-order chi connectivity index (χ0) is 25.4. The minimum absolute atomic E-state index is 0.134. The summed E-state index contributed by atoms with van der Waals surface area (Å²) in [6.45, 7) is 4.97. The van der Waals surface area contributed by atoms with Crippen LogP contribution in [0.1, 0.15) is 72.4 Å². The van der Waals surface area contributed by atoms with Crippen LogP contribution in [0.2, 0.25) is 0 Å². The quantitative estimate of drug-likeness (QED) is 0.443. The molecule has 0 spiro atoms. The summed E-state index contributed by atoms with van der Waals surface area (Å²) in [6.07, 6.45) is 7.33. The van der Waals surface area contributed by atoms with E-state index in [0.717, 1.165) is 43.1 Å². The summed E-state index contributed by atoms with van der Waals surface area (Å²) in [5.74, 6) is -1.28. The summed E-state index contributed by atoms with van der Waals surface area (Å²) in [6, 6.07) is 3.10. The molecule has 3 rings (SSSR count). The second kappa shape index (κ2) is 12.6. The van der Waals surface area contributed by atoms with E-state index in [1.54, 1.807) is 11.9 Å². The zero-order valence-electron chi connectivity index (χ0n) is 20.5. The largest absolute Gasteiger partial charge is 0.387 e. The Balaban J connectivity index is 1.76. The lowest BCUT2D eigenvalue weighted by atomic mass is 9.84. The molecule has 1 aromatic heterocycles. The van der Waals surface area contributed by atoms with E-state index in [-0.39, 0.29) is 11.5 Å². The first-order valence-corrected chi connectivity index (χ1v) is 13.0. The van der Waals surface area contributed by atoms with Crippen molar-refractivity contribution < 1.29 is 18.8 Å². The summed E-state index contributed by atoms with van der Waals surface area (Å²) in [5.41, 5.74) is 0.607. The molecule has 35 heavy (non-hydrogen) atoms. The topological polar surface area (TPSA) is 103 Å². The number of anilines is 2. The third-order valence-electron chi connectivity index (χ3n) is 6.41. The number of rotatable bonds is 10. The molecule has 1 unspecified atom stereocenters. The van der Waals surface area contributed by atoms with Gasteiger partial charge in [0.25, 0.3) is 11.8 Å². The fourth-order valence-electron chi connectivity index (χ4n) is 4.44. The lowest BCUT2D eigenvalue weighted by Crippen LogP contribution is -2.45. The van der Waals surface area contributed by atoms with Crippen LogP contribution in [0.25, 0.3) is 0 Å². The highest BCUT2D eigenvalue weighted by Gasteiger charge is 2.28. The van der Waals surface area contributed by atoms with Gasteiger partial charge in [-0.1, -0.05) is 43.4 Å². The molecule has 3 amide bonds. The Hall–Kier alpha value is -3.01. The van der Waals surface area contributed by atoms with E-state index in [1.165, 1.54) is 24.8 Å². The molecule has 1 aromatic carbocycles. The molecule has 0 bridgehead atoms. The fraction of sp³-hybridized carbons (Fsp3) is 0.520. The standard InChI is InChI=1S/C25H34FN5O3S/c1-4-31(5-2)24(34)21-15-28-25(35-21)30-23(33)20(13-16-9-7-6-8-10-16)29-22(32)18-14-17(26)11-12-19(18)27-3/h11-12,14-16,20,27H,4-10,13H2,1-3H3,(H,29,32)(H,28,30,33). The molecule has 1 atom stereocenters. The number of amides is 3. The minimum atomic E-state index is -0.815. The first kappa shape index (κ1) is 26.6. The SMILES string of the molecule is CCN(CC)C(=O)c1cnc(NC(=O)C(CC2CCCCC2)NC(=O)c2cc(F)ccc2NC)s1. The zero-order valence-corrected chi connectivity index (χ0v) is 21.3. The summed E-state index contributed by atoms with van der Waals surface area (Å²) >= 11 is 1.11. The van der Waals surface area contributed by atoms with Crippen molar-refractivity contribution in [3.05, 3.63) is 40.7 Å². The molecule has 0 radical (unpaired) electrons. The van der Waals surface area contributed by atoms with Gasteiger partial charge in [-0.25, -0.2) is 9.37 Å². The van der Waals surface area contributed by atoms with Crippen molar-refractivity contribution in [2.75, 3.05) is 30.8 Å². The summed E-state index contributed by atoms with van der Waals surface area (Å²) in [4.78, 5) is 45.2. The first-order valence-electron chi connectivity index (χ1n) is 12.2. The number of carbonyl (C=O) groups excluding carboxylic acids is 3. The van der Waals surface area contributed by atoms with Gasteiger partial charge < -0.3 is 20.9 Å². The molecular formula is C25H34FN5O3S. The second-order valence-corrected chi connectivity index (χ2v) is 9.73. The molecule has 1 heterocycles. The number of nitrogens with one attached hydrogen (secondary N) is 3. The van der Waals surface area contributed by atoms with Crippen LogP contribution in [0.3, 0.4) is 0 Å². The molecule has 10 heteroatoms. The molecule has 3 N–H and O–H groups in total. The van der Waals surface area contributed by atoms with Gasteiger partial charge in [0.15, 0.2) is 5.13 Å².